The van der Waals surface area contributed by atoms with Gasteiger partial charge in [0.25, 0.3) is 0 Å². The highest BCUT2D eigenvalue weighted by molar-refractivity contribution is 6.21. The lowest BCUT2D eigenvalue weighted by Gasteiger charge is -2.14. The van der Waals surface area contributed by atoms with Crippen LogP contribution in [0.3, 0.4) is 0 Å². The van der Waals surface area contributed by atoms with Crippen molar-refractivity contribution in [2.75, 3.05) is 0 Å². The monoisotopic (exact) mass is 764 g/mol. The zero-order valence-electron chi connectivity index (χ0n) is 32.2. The zero-order valence-corrected chi connectivity index (χ0v) is 32.2. The summed E-state index contributed by atoms with van der Waals surface area (Å²) in [7, 11) is 0. The van der Waals surface area contributed by atoms with Gasteiger partial charge in [0, 0.05) is 38.2 Å². The number of hydrogen-bond acceptors (Lipinski definition) is 4. The molecule has 278 valence electrons. The molecule has 0 atom stereocenters. The second kappa shape index (κ2) is 12.7. The summed E-state index contributed by atoms with van der Waals surface area (Å²) in [6.45, 7) is 0. The van der Waals surface area contributed by atoms with Gasteiger partial charge in [0.2, 0.25) is 5.95 Å². The standard InChI is InChI=1S/C55H32N4O/c1-3-13-36-28-41(22-20-33(36)10-1)53-56-54(42-23-21-34-11-2-4-14-37(34)29-42)58-55(57-53)59-48-32-39-16-6-5-15-38(39)30-46(48)45-19-9-18-44(52(45)59)40-25-26-49-47(31-40)51-43-17-8-7-12-35(43)24-27-50(51)60-49/h1-32H. The van der Waals surface area contributed by atoms with Gasteiger partial charge < -0.3 is 4.42 Å². The second-order valence-corrected chi connectivity index (χ2v) is 15.6. The molecule has 60 heavy (non-hydrogen) atoms. The van der Waals surface area contributed by atoms with Gasteiger partial charge in [-0.2, -0.15) is 9.97 Å². The Morgan fingerprint density at radius 1 is 0.350 bits per heavy atom. The first-order chi connectivity index (χ1) is 29.7. The number of benzene rings is 10. The summed E-state index contributed by atoms with van der Waals surface area (Å²) in [6.07, 6.45) is 0. The number of hydrogen-bond donors (Lipinski definition) is 0. The first-order valence-electron chi connectivity index (χ1n) is 20.3. The van der Waals surface area contributed by atoms with E-state index in [1.54, 1.807) is 0 Å². The molecule has 10 aromatic carbocycles. The molecule has 0 fully saturated rings. The molecule has 0 aliphatic carbocycles. The van der Waals surface area contributed by atoms with E-state index in [0.717, 1.165) is 82.2 Å². The van der Waals surface area contributed by atoms with Crippen molar-refractivity contribution < 1.29 is 4.42 Å². The fourth-order valence-corrected chi connectivity index (χ4v) is 9.29. The van der Waals surface area contributed by atoms with Gasteiger partial charge in [-0.05, 0) is 91.1 Å². The lowest BCUT2D eigenvalue weighted by Crippen LogP contribution is -2.07. The van der Waals surface area contributed by atoms with E-state index in [-0.39, 0.29) is 0 Å². The van der Waals surface area contributed by atoms with Crippen LogP contribution in [0.15, 0.2) is 199 Å². The fraction of sp³-hybridized carbons (Fsp3) is 0. The van der Waals surface area contributed by atoms with Crippen molar-refractivity contribution in [2.45, 2.75) is 0 Å². The molecule has 13 rings (SSSR count). The van der Waals surface area contributed by atoms with Crippen molar-refractivity contribution >= 4 is 86.8 Å². The largest absolute Gasteiger partial charge is 0.456 e. The summed E-state index contributed by atoms with van der Waals surface area (Å²) < 4.78 is 8.72. The van der Waals surface area contributed by atoms with Gasteiger partial charge in [-0.15, -0.1) is 0 Å². The maximum atomic E-state index is 6.46. The maximum absolute atomic E-state index is 6.46. The molecule has 0 unspecified atom stereocenters. The number of para-hydroxylation sites is 1. The minimum absolute atomic E-state index is 0.555. The van der Waals surface area contributed by atoms with Crippen LogP contribution in [-0.4, -0.2) is 19.5 Å². The highest BCUT2D eigenvalue weighted by atomic mass is 16.3. The van der Waals surface area contributed by atoms with Crippen molar-refractivity contribution in [3.05, 3.63) is 194 Å². The smallest absolute Gasteiger partial charge is 0.238 e. The molecule has 3 heterocycles. The van der Waals surface area contributed by atoms with E-state index in [2.05, 4.69) is 199 Å². The molecule has 0 amide bonds. The molecule has 0 saturated heterocycles. The Hall–Kier alpha value is -8.15. The van der Waals surface area contributed by atoms with E-state index in [4.69, 9.17) is 19.4 Å². The molecule has 0 N–H and O–H groups in total. The predicted octanol–water partition coefficient (Wildman–Crippen LogP) is 14.5. The first kappa shape index (κ1) is 32.9. The molecule has 0 radical (unpaired) electrons. The second-order valence-electron chi connectivity index (χ2n) is 15.6. The Morgan fingerprint density at radius 2 is 0.900 bits per heavy atom. The molecule has 0 aliphatic heterocycles. The van der Waals surface area contributed by atoms with E-state index in [9.17, 15) is 0 Å². The lowest BCUT2D eigenvalue weighted by molar-refractivity contribution is 0.669. The normalized spacial score (nSPS) is 12.0. The van der Waals surface area contributed by atoms with Gasteiger partial charge in [0.05, 0.1) is 11.0 Å². The summed E-state index contributed by atoms with van der Waals surface area (Å²) in [5, 5.41) is 13.7. The highest BCUT2D eigenvalue weighted by Gasteiger charge is 2.22. The van der Waals surface area contributed by atoms with Gasteiger partial charge in [-0.25, -0.2) is 4.98 Å². The third-order valence-electron chi connectivity index (χ3n) is 12.2. The SMILES string of the molecule is c1ccc2cc(-c3nc(-c4ccc5ccccc5c4)nc(-n4c5cc6ccccc6cc5c5cccc(-c6ccc7oc8ccc9ccccc9c8c7c6)c54)n3)ccc2c1. The van der Waals surface area contributed by atoms with Crippen LogP contribution in [-0.2, 0) is 0 Å². The van der Waals surface area contributed by atoms with Crippen LogP contribution in [0.1, 0.15) is 0 Å². The quantitative estimate of drug-likeness (QED) is 0.179. The van der Waals surface area contributed by atoms with Crippen molar-refractivity contribution in [2.24, 2.45) is 0 Å². The van der Waals surface area contributed by atoms with E-state index in [0.29, 0.717) is 17.6 Å². The highest BCUT2D eigenvalue weighted by Crippen LogP contribution is 2.42. The Morgan fingerprint density at radius 3 is 1.60 bits per heavy atom. The van der Waals surface area contributed by atoms with Gasteiger partial charge in [-0.3, -0.25) is 4.57 Å². The van der Waals surface area contributed by atoms with Crippen LogP contribution in [0.2, 0.25) is 0 Å². The lowest BCUT2D eigenvalue weighted by atomic mass is 9.98. The van der Waals surface area contributed by atoms with Gasteiger partial charge in [-0.1, -0.05) is 152 Å². The predicted molar refractivity (Wildman–Crippen MR) is 248 cm³/mol. The van der Waals surface area contributed by atoms with Crippen LogP contribution in [0, 0.1) is 0 Å². The topological polar surface area (TPSA) is 56.7 Å². The molecule has 13 aromatic rings. The van der Waals surface area contributed by atoms with E-state index < -0.39 is 0 Å². The van der Waals surface area contributed by atoms with Crippen molar-refractivity contribution in [3.63, 3.8) is 0 Å². The molecule has 0 saturated carbocycles. The summed E-state index contributed by atoms with van der Waals surface area (Å²) in [4.78, 5) is 16.0. The maximum Gasteiger partial charge on any atom is 0.238 e. The van der Waals surface area contributed by atoms with Crippen LogP contribution in [0.25, 0.3) is 127 Å². The molecular formula is C55H32N4O. The molecule has 5 nitrogen and oxygen atoms in total. The molecule has 5 heteroatoms. The average molecular weight is 765 g/mol. The summed E-state index contributed by atoms with van der Waals surface area (Å²) >= 11 is 0. The third-order valence-corrected chi connectivity index (χ3v) is 12.2. The van der Waals surface area contributed by atoms with Gasteiger partial charge >= 0.3 is 0 Å². The minimum atomic E-state index is 0.555. The molecular weight excluding hydrogens is 733 g/mol. The molecule has 3 aromatic heterocycles. The first-order valence-corrected chi connectivity index (χ1v) is 20.3. The van der Waals surface area contributed by atoms with Crippen molar-refractivity contribution in [1.82, 2.24) is 19.5 Å². The zero-order chi connectivity index (χ0) is 39.3. The summed E-state index contributed by atoms with van der Waals surface area (Å²) in [5.41, 5.74) is 7.80. The van der Waals surface area contributed by atoms with Crippen LogP contribution >= 0.6 is 0 Å². The minimum Gasteiger partial charge on any atom is -0.456 e. The number of nitrogens with zero attached hydrogens (tertiary/aromatic N) is 4. The number of fused-ring (bicyclic) bond motifs is 11. The molecule has 0 aliphatic rings. The number of furan rings is 1. The van der Waals surface area contributed by atoms with Crippen molar-refractivity contribution in [3.8, 4) is 39.9 Å². The van der Waals surface area contributed by atoms with Gasteiger partial charge in [0.15, 0.2) is 11.6 Å². The van der Waals surface area contributed by atoms with E-state index in [1.165, 1.54) is 26.9 Å². The summed E-state index contributed by atoms with van der Waals surface area (Å²) in [5.74, 6) is 1.78. The van der Waals surface area contributed by atoms with Crippen LogP contribution in [0.5, 0.6) is 0 Å². The Kier molecular flexibility index (Phi) is 6.95. The van der Waals surface area contributed by atoms with Crippen LogP contribution in [0.4, 0.5) is 0 Å². The van der Waals surface area contributed by atoms with E-state index >= 15 is 0 Å². The number of rotatable bonds is 4. The molecule has 0 spiro atoms. The number of aromatic nitrogens is 4. The van der Waals surface area contributed by atoms with Crippen LogP contribution < -0.4 is 0 Å². The Bertz CT molecular complexity index is 3820. The fourth-order valence-electron chi connectivity index (χ4n) is 9.29. The van der Waals surface area contributed by atoms with Gasteiger partial charge in [0.1, 0.15) is 11.2 Å². The van der Waals surface area contributed by atoms with E-state index in [1.807, 2.05) is 0 Å². The summed E-state index contributed by atoms with van der Waals surface area (Å²) in [6, 6.07) is 68.8. The third kappa shape index (κ3) is 5.03. The Labute approximate surface area is 343 Å². The molecule has 0 bridgehead atoms. The van der Waals surface area contributed by atoms with Crippen molar-refractivity contribution in [1.29, 1.82) is 0 Å². The average Bonchev–Trinajstić information content (AvgIpc) is 3.85. The Balaban J connectivity index is 1.13.